The third-order valence-electron chi connectivity index (χ3n) is 4.77. The number of aromatic nitrogens is 5. The van der Waals surface area contributed by atoms with Gasteiger partial charge >= 0.3 is 0 Å². The summed E-state index contributed by atoms with van der Waals surface area (Å²) in [6.07, 6.45) is 0.887. The standard InChI is InChI=1S/C21H23N5O2S/c1-5-9-28-17-8-7-14(16-11-29-13(4)22-16)10-15(17)20-23-19-18(12(3)24-25-19)21(27)26(20)6-2/h7-8,10-11H,5-6,9H2,1-4H3,(H,24,25). The minimum absolute atomic E-state index is 0.102. The summed E-state index contributed by atoms with van der Waals surface area (Å²) in [6, 6.07) is 5.93. The van der Waals surface area contributed by atoms with Crippen LogP contribution in [0.15, 0.2) is 28.4 Å². The van der Waals surface area contributed by atoms with E-state index in [1.807, 2.05) is 44.4 Å². The van der Waals surface area contributed by atoms with Crippen LogP contribution in [0, 0.1) is 13.8 Å². The van der Waals surface area contributed by atoms with Crippen molar-refractivity contribution in [2.24, 2.45) is 0 Å². The molecule has 8 heteroatoms. The molecule has 4 rings (SSSR count). The molecular formula is C21H23N5O2S. The number of H-pyrrole nitrogens is 1. The molecule has 7 nitrogen and oxygen atoms in total. The van der Waals surface area contributed by atoms with Crippen LogP contribution < -0.4 is 10.3 Å². The molecule has 0 spiro atoms. The molecule has 0 bridgehead atoms. The lowest BCUT2D eigenvalue weighted by Crippen LogP contribution is -2.23. The van der Waals surface area contributed by atoms with E-state index in [2.05, 4.69) is 22.1 Å². The number of nitrogens with zero attached hydrogens (tertiary/aromatic N) is 4. The van der Waals surface area contributed by atoms with Crippen molar-refractivity contribution in [1.82, 2.24) is 24.7 Å². The van der Waals surface area contributed by atoms with Gasteiger partial charge in [0.05, 0.1) is 22.9 Å². The Morgan fingerprint density at radius 1 is 1.21 bits per heavy atom. The van der Waals surface area contributed by atoms with Gasteiger partial charge in [0.25, 0.3) is 5.56 Å². The summed E-state index contributed by atoms with van der Waals surface area (Å²) in [7, 11) is 0. The van der Waals surface area contributed by atoms with Gasteiger partial charge in [0.1, 0.15) is 17.0 Å². The molecule has 4 aromatic rings. The first-order valence-electron chi connectivity index (χ1n) is 9.68. The van der Waals surface area contributed by atoms with Crippen molar-refractivity contribution < 1.29 is 4.74 Å². The highest BCUT2D eigenvalue weighted by Gasteiger charge is 2.19. The molecule has 0 aliphatic carbocycles. The molecule has 0 amide bonds. The summed E-state index contributed by atoms with van der Waals surface area (Å²) in [5, 5.41) is 10.6. The molecule has 0 radical (unpaired) electrons. The summed E-state index contributed by atoms with van der Waals surface area (Å²) in [6.45, 7) is 8.90. The van der Waals surface area contributed by atoms with Gasteiger partial charge in [-0.1, -0.05) is 6.92 Å². The molecule has 150 valence electrons. The van der Waals surface area contributed by atoms with Crippen molar-refractivity contribution >= 4 is 22.4 Å². The van der Waals surface area contributed by atoms with Crippen LogP contribution >= 0.6 is 11.3 Å². The minimum Gasteiger partial charge on any atom is -0.493 e. The highest BCUT2D eigenvalue weighted by molar-refractivity contribution is 7.09. The molecule has 1 N–H and O–H groups in total. The van der Waals surface area contributed by atoms with Gasteiger partial charge in [0.15, 0.2) is 5.65 Å². The Bertz CT molecular complexity index is 1240. The van der Waals surface area contributed by atoms with Gasteiger partial charge in [-0.25, -0.2) is 9.97 Å². The van der Waals surface area contributed by atoms with E-state index in [0.29, 0.717) is 35.8 Å². The third kappa shape index (κ3) is 3.44. The van der Waals surface area contributed by atoms with Crippen molar-refractivity contribution in [2.75, 3.05) is 6.61 Å². The van der Waals surface area contributed by atoms with E-state index in [1.165, 1.54) is 0 Å². The lowest BCUT2D eigenvalue weighted by molar-refractivity contribution is 0.318. The van der Waals surface area contributed by atoms with Crippen molar-refractivity contribution in [1.29, 1.82) is 0 Å². The molecular weight excluding hydrogens is 386 g/mol. The Morgan fingerprint density at radius 2 is 2.03 bits per heavy atom. The van der Waals surface area contributed by atoms with Crippen LogP contribution in [0.25, 0.3) is 33.7 Å². The van der Waals surface area contributed by atoms with Gasteiger partial charge in [-0.15, -0.1) is 11.3 Å². The van der Waals surface area contributed by atoms with Gasteiger partial charge in [-0.05, 0) is 45.4 Å². The number of aromatic amines is 1. The number of ether oxygens (including phenoxy) is 1. The molecule has 0 atom stereocenters. The van der Waals surface area contributed by atoms with Crippen LogP contribution in [-0.4, -0.2) is 31.3 Å². The highest BCUT2D eigenvalue weighted by Crippen LogP contribution is 2.34. The second kappa shape index (κ2) is 7.79. The van der Waals surface area contributed by atoms with Crippen LogP contribution in [0.4, 0.5) is 0 Å². The maximum absolute atomic E-state index is 13.1. The SMILES string of the molecule is CCCOc1ccc(-c2csc(C)n2)cc1-c1nc2n[nH]c(C)c2c(=O)n1CC. The predicted molar refractivity (Wildman–Crippen MR) is 116 cm³/mol. The van der Waals surface area contributed by atoms with Gasteiger partial charge in [-0.3, -0.25) is 14.5 Å². The van der Waals surface area contributed by atoms with Crippen LogP contribution in [-0.2, 0) is 6.54 Å². The van der Waals surface area contributed by atoms with Crippen molar-refractivity contribution in [3.05, 3.63) is 44.6 Å². The van der Waals surface area contributed by atoms with Crippen molar-refractivity contribution in [2.45, 2.75) is 40.7 Å². The number of benzene rings is 1. The molecule has 3 aromatic heterocycles. The largest absolute Gasteiger partial charge is 0.493 e. The molecule has 0 fully saturated rings. The Balaban J connectivity index is 1.97. The van der Waals surface area contributed by atoms with Gasteiger partial charge in [0, 0.05) is 23.2 Å². The monoisotopic (exact) mass is 409 g/mol. The second-order valence-electron chi connectivity index (χ2n) is 6.84. The predicted octanol–water partition coefficient (Wildman–Crippen LogP) is 4.34. The van der Waals surface area contributed by atoms with E-state index < -0.39 is 0 Å². The lowest BCUT2D eigenvalue weighted by atomic mass is 10.1. The summed E-state index contributed by atoms with van der Waals surface area (Å²) < 4.78 is 7.67. The smallest absolute Gasteiger partial charge is 0.265 e. The van der Waals surface area contributed by atoms with E-state index in [-0.39, 0.29) is 5.56 Å². The van der Waals surface area contributed by atoms with Crippen LogP contribution in [0.2, 0.25) is 0 Å². The Labute approximate surface area is 172 Å². The Kier molecular flexibility index (Phi) is 5.19. The van der Waals surface area contributed by atoms with E-state index in [4.69, 9.17) is 9.72 Å². The number of nitrogens with one attached hydrogen (secondary N) is 1. The van der Waals surface area contributed by atoms with E-state index in [1.54, 1.807) is 15.9 Å². The molecule has 0 unspecified atom stereocenters. The van der Waals surface area contributed by atoms with Gasteiger partial charge in [0.2, 0.25) is 0 Å². The zero-order chi connectivity index (χ0) is 20.5. The van der Waals surface area contributed by atoms with E-state index in [9.17, 15) is 4.79 Å². The van der Waals surface area contributed by atoms with E-state index in [0.717, 1.165) is 33.9 Å². The quantitative estimate of drug-likeness (QED) is 0.512. The molecule has 0 aliphatic heterocycles. The Morgan fingerprint density at radius 3 is 2.72 bits per heavy atom. The minimum atomic E-state index is -0.102. The van der Waals surface area contributed by atoms with Crippen molar-refractivity contribution in [3.8, 4) is 28.4 Å². The topological polar surface area (TPSA) is 85.7 Å². The zero-order valence-electron chi connectivity index (χ0n) is 16.9. The summed E-state index contributed by atoms with van der Waals surface area (Å²) >= 11 is 1.61. The lowest BCUT2D eigenvalue weighted by Gasteiger charge is -2.15. The average molecular weight is 410 g/mol. The Hall–Kier alpha value is -3.00. The van der Waals surface area contributed by atoms with Gasteiger partial charge < -0.3 is 4.74 Å². The molecule has 1 aromatic carbocycles. The normalized spacial score (nSPS) is 11.3. The number of thiazole rings is 1. The van der Waals surface area contributed by atoms with Crippen LogP contribution in [0.3, 0.4) is 0 Å². The number of hydrogen-bond donors (Lipinski definition) is 1. The maximum Gasteiger partial charge on any atom is 0.265 e. The molecule has 0 aliphatic rings. The number of aryl methyl sites for hydroxylation is 2. The fraction of sp³-hybridized carbons (Fsp3) is 0.333. The fourth-order valence-corrected chi connectivity index (χ4v) is 3.96. The third-order valence-corrected chi connectivity index (χ3v) is 5.54. The summed E-state index contributed by atoms with van der Waals surface area (Å²) in [4.78, 5) is 22.5. The maximum atomic E-state index is 13.1. The summed E-state index contributed by atoms with van der Waals surface area (Å²) in [5.74, 6) is 1.25. The first-order chi connectivity index (χ1) is 14.0. The number of rotatable bonds is 6. The molecule has 29 heavy (non-hydrogen) atoms. The molecule has 0 saturated heterocycles. The van der Waals surface area contributed by atoms with Crippen LogP contribution in [0.1, 0.15) is 31.0 Å². The van der Waals surface area contributed by atoms with Gasteiger partial charge in [-0.2, -0.15) is 5.10 Å². The first-order valence-corrected chi connectivity index (χ1v) is 10.6. The van der Waals surface area contributed by atoms with Crippen molar-refractivity contribution in [3.63, 3.8) is 0 Å². The molecule has 0 saturated carbocycles. The fourth-order valence-electron chi connectivity index (χ4n) is 3.34. The summed E-state index contributed by atoms with van der Waals surface area (Å²) in [5.41, 5.74) is 3.67. The molecule has 3 heterocycles. The van der Waals surface area contributed by atoms with E-state index >= 15 is 0 Å². The second-order valence-corrected chi connectivity index (χ2v) is 7.91. The number of hydrogen-bond acceptors (Lipinski definition) is 6. The average Bonchev–Trinajstić information content (AvgIpc) is 3.32. The first kappa shape index (κ1) is 19.3. The van der Waals surface area contributed by atoms with Crippen LogP contribution in [0.5, 0.6) is 5.75 Å². The zero-order valence-corrected chi connectivity index (χ0v) is 17.8. The highest BCUT2D eigenvalue weighted by atomic mass is 32.1. The number of fused-ring (bicyclic) bond motifs is 1.